The molecule has 5 aliphatic rings. The molecule has 260 valence electrons. The van der Waals surface area contributed by atoms with Gasteiger partial charge in [0.2, 0.25) is 5.88 Å². The summed E-state index contributed by atoms with van der Waals surface area (Å²) in [7, 11) is -3.77. The summed E-state index contributed by atoms with van der Waals surface area (Å²) in [5, 5.41) is 5.10. The molecule has 2 N–H and O–H groups in total. The predicted molar refractivity (Wildman–Crippen MR) is 179 cm³/mol. The van der Waals surface area contributed by atoms with Crippen LogP contribution in [-0.2, 0) is 20.1 Å². The number of alkyl halides is 3. The van der Waals surface area contributed by atoms with Gasteiger partial charge >= 0.3 is 12.3 Å². The second-order valence-corrected chi connectivity index (χ2v) is 14.4. The van der Waals surface area contributed by atoms with Crippen molar-refractivity contribution < 1.29 is 35.9 Å². The van der Waals surface area contributed by atoms with Crippen LogP contribution in [0.3, 0.4) is 0 Å². The summed E-state index contributed by atoms with van der Waals surface area (Å²) in [5.74, 6) is 0.103. The molecule has 1 atom stereocenters. The van der Waals surface area contributed by atoms with Gasteiger partial charge in [0, 0.05) is 49.1 Å². The lowest BCUT2D eigenvalue weighted by molar-refractivity contribution is -0.162. The number of carbonyl (C=O) groups is 1. The third kappa shape index (κ3) is 7.06. The summed E-state index contributed by atoms with van der Waals surface area (Å²) in [6.07, 6.45) is 11.0. The summed E-state index contributed by atoms with van der Waals surface area (Å²) >= 11 is 0. The van der Waals surface area contributed by atoms with Gasteiger partial charge in [-0.3, -0.25) is 0 Å². The largest absolute Gasteiger partial charge is 0.474 e. The molecule has 8 bridgehead atoms. The van der Waals surface area contributed by atoms with E-state index in [1.54, 1.807) is 25.1 Å². The van der Waals surface area contributed by atoms with Gasteiger partial charge in [0.05, 0.1) is 40.0 Å². The van der Waals surface area contributed by atoms with Gasteiger partial charge in [0.1, 0.15) is 22.9 Å². The fourth-order valence-electron chi connectivity index (χ4n) is 6.22. The van der Waals surface area contributed by atoms with Crippen LogP contribution in [0.25, 0.3) is 12.2 Å². The van der Waals surface area contributed by atoms with Crippen molar-refractivity contribution in [1.82, 2.24) is 25.2 Å². The van der Waals surface area contributed by atoms with Gasteiger partial charge in [-0.05, 0) is 54.7 Å². The Bertz CT molecular complexity index is 2190. The standard InChI is InChI=1S/C34H32F3N7O5S/c1-2-50(46,47)31-27-8-7-24(42-27)16-22-4-3-21(40-22)15-23-5-6-25(41-23)18-33(12-9-28(31)43-33)29-17-30(39-20-38-29)49-26-10-13-44(14-11-26)32(45)48-19-34(35,36)37/h3-9,15-18,20,26,40,43H,2,10-14,19H2,1H3. The van der Waals surface area contributed by atoms with E-state index in [0.717, 1.165) is 10.7 Å². The number of halogens is 3. The van der Waals surface area contributed by atoms with Crippen LogP contribution in [0, 0.1) is 0 Å². The predicted octanol–water partition coefficient (Wildman–Crippen LogP) is 3.25. The average Bonchev–Trinajstić information content (AvgIpc) is 3.90. The number of aromatic amines is 1. The van der Waals surface area contributed by atoms with Crippen molar-refractivity contribution >= 4 is 39.5 Å². The molecule has 7 rings (SSSR count). The zero-order chi connectivity index (χ0) is 35.1. The SMILES string of the molecule is CCS(=O)(=O)C1=C2C=CC(=N2)C=c2ccc([nH]2)=CC2=NC(=CC3(c4cc(OC5CCN(C(=O)OCC(F)(F)F)CC5)ncn4)CC=C1N3)C=C2. The minimum atomic E-state index is -4.60. The Morgan fingerprint density at radius 3 is 2.48 bits per heavy atom. The maximum absolute atomic E-state index is 13.6. The lowest BCUT2D eigenvalue weighted by Crippen LogP contribution is -2.43. The molecule has 1 amide bonds. The van der Waals surface area contributed by atoms with Crippen LogP contribution in [0.1, 0.15) is 31.9 Å². The number of sulfone groups is 1. The first kappa shape index (κ1) is 33.3. The van der Waals surface area contributed by atoms with Crippen molar-refractivity contribution in [2.45, 2.75) is 44.0 Å². The molecule has 0 radical (unpaired) electrons. The number of hydrogen-bond acceptors (Lipinski definition) is 10. The third-order valence-corrected chi connectivity index (χ3v) is 10.5. The first-order valence-corrected chi connectivity index (χ1v) is 17.6. The molecule has 1 unspecified atom stereocenters. The van der Waals surface area contributed by atoms with E-state index in [-0.39, 0.29) is 35.7 Å². The number of rotatable bonds is 6. The fraction of sp³-hybridized carbons (Fsp3) is 0.324. The van der Waals surface area contributed by atoms with Gasteiger partial charge in [-0.15, -0.1) is 0 Å². The van der Waals surface area contributed by atoms with Gasteiger partial charge < -0.3 is 24.7 Å². The quantitative estimate of drug-likeness (QED) is 0.465. The van der Waals surface area contributed by atoms with E-state index in [1.165, 1.54) is 11.2 Å². The number of likely N-dealkylation sites (tertiary alicyclic amines) is 1. The van der Waals surface area contributed by atoms with Gasteiger partial charge in [0.25, 0.3) is 0 Å². The summed E-state index contributed by atoms with van der Waals surface area (Å²) in [4.78, 5) is 35.1. The minimum absolute atomic E-state index is 0.0738. The maximum atomic E-state index is 13.6. The molecule has 1 fully saturated rings. The van der Waals surface area contributed by atoms with Crippen LogP contribution in [0.5, 0.6) is 5.88 Å². The number of ether oxygens (including phenoxy) is 2. The summed E-state index contributed by atoms with van der Waals surface area (Å²) < 4.78 is 75.3. The highest BCUT2D eigenvalue weighted by atomic mass is 32.2. The zero-order valence-electron chi connectivity index (χ0n) is 26.8. The molecular formula is C34H32F3N7O5S. The Kier molecular flexibility index (Phi) is 8.58. The Hall–Kier alpha value is -5.25. The Labute approximate surface area is 284 Å². The van der Waals surface area contributed by atoms with Crippen molar-refractivity contribution in [2.75, 3.05) is 25.4 Å². The number of nitrogens with one attached hydrogen (secondary N) is 2. The van der Waals surface area contributed by atoms with Crippen LogP contribution >= 0.6 is 0 Å². The molecule has 2 aromatic heterocycles. The molecule has 0 aliphatic carbocycles. The number of carbonyl (C=O) groups excluding carboxylic acids is 1. The molecule has 0 saturated carbocycles. The van der Waals surface area contributed by atoms with Crippen molar-refractivity contribution in [1.29, 1.82) is 0 Å². The number of aromatic nitrogens is 3. The van der Waals surface area contributed by atoms with Gasteiger partial charge in [-0.25, -0.2) is 33.2 Å². The smallest absolute Gasteiger partial charge is 0.422 e. The molecule has 5 aliphatic heterocycles. The first-order valence-electron chi connectivity index (χ1n) is 16.0. The molecule has 50 heavy (non-hydrogen) atoms. The van der Waals surface area contributed by atoms with Crippen molar-refractivity contribution in [2.24, 2.45) is 9.98 Å². The van der Waals surface area contributed by atoms with Gasteiger partial charge in [-0.1, -0.05) is 13.0 Å². The van der Waals surface area contributed by atoms with Crippen molar-refractivity contribution in [3.8, 4) is 5.88 Å². The van der Waals surface area contributed by atoms with E-state index in [0.29, 0.717) is 53.5 Å². The monoisotopic (exact) mass is 707 g/mol. The summed E-state index contributed by atoms with van der Waals surface area (Å²) in [6, 6.07) is 5.50. The lowest BCUT2D eigenvalue weighted by atomic mass is 9.91. The molecule has 1 saturated heterocycles. The molecule has 0 aromatic carbocycles. The maximum Gasteiger partial charge on any atom is 0.422 e. The number of hydrogen-bond donors (Lipinski definition) is 2. The third-order valence-electron chi connectivity index (χ3n) is 8.68. The zero-order valence-corrected chi connectivity index (χ0v) is 27.6. The van der Waals surface area contributed by atoms with E-state index < -0.39 is 34.3 Å². The number of H-pyrrole nitrogens is 1. The Morgan fingerprint density at radius 2 is 1.76 bits per heavy atom. The van der Waals surface area contributed by atoms with Crippen molar-refractivity contribution in [3.63, 3.8) is 0 Å². The number of allylic oxidation sites excluding steroid dienone is 4. The molecule has 12 nitrogen and oxygen atoms in total. The Balaban J connectivity index is 1.21. The normalized spacial score (nSPS) is 21.9. The van der Waals surface area contributed by atoms with E-state index in [1.807, 2.05) is 48.6 Å². The number of piperidine rings is 1. The van der Waals surface area contributed by atoms with Gasteiger partial charge in [0.15, 0.2) is 16.4 Å². The first-order chi connectivity index (χ1) is 23.9. The molecule has 16 heteroatoms. The molecule has 7 heterocycles. The molecule has 0 spiro atoms. The second kappa shape index (κ2) is 12.9. The van der Waals surface area contributed by atoms with Crippen LogP contribution in [0.15, 0.2) is 93.0 Å². The number of nitrogens with zero attached hydrogens (tertiary/aromatic N) is 5. The van der Waals surface area contributed by atoms with E-state index >= 15 is 0 Å². The van der Waals surface area contributed by atoms with E-state index in [4.69, 9.17) is 9.73 Å². The fourth-order valence-corrected chi connectivity index (χ4v) is 7.41. The van der Waals surface area contributed by atoms with E-state index in [2.05, 4.69) is 30.0 Å². The van der Waals surface area contributed by atoms with Crippen LogP contribution in [0.4, 0.5) is 18.0 Å². The van der Waals surface area contributed by atoms with Crippen LogP contribution < -0.4 is 20.8 Å². The highest BCUT2D eigenvalue weighted by Gasteiger charge is 2.41. The summed E-state index contributed by atoms with van der Waals surface area (Å²) in [5.41, 5.74) is 2.06. The van der Waals surface area contributed by atoms with E-state index in [9.17, 15) is 26.4 Å². The molecule has 2 aromatic rings. The highest BCUT2D eigenvalue weighted by molar-refractivity contribution is 7.95. The number of aliphatic imine (C=N–C) groups is 2. The summed E-state index contributed by atoms with van der Waals surface area (Å²) in [6.45, 7) is 0.243. The number of fused-ring (bicyclic) bond motifs is 6. The minimum Gasteiger partial charge on any atom is -0.474 e. The van der Waals surface area contributed by atoms with Crippen molar-refractivity contribution in [3.05, 3.63) is 99.4 Å². The van der Waals surface area contributed by atoms with Crippen LogP contribution in [-0.4, -0.2) is 83.5 Å². The molecular weight excluding hydrogens is 675 g/mol. The van der Waals surface area contributed by atoms with Crippen LogP contribution in [0.2, 0.25) is 0 Å². The second-order valence-electron chi connectivity index (χ2n) is 12.2. The van der Waals surface area contributed by atoms with Gasteiger partial charge in [-0.2, -0.15) is 13.2 Å². The topological polar surface area (TPSA) is 151 Å². The number of amides is 1. The lowest BCUT2D eigenvalue weighted by Gasteiger charge is -2.32. The average molecular weight is 708 g/mol. The highest BCUT2D eigenvalue weighted by Crippen LogP contribution is 2.40. The Morgan fingerprint density at radius 1 is 1.04 bits per heavy atom.